The third kappa shape index (κ3) is 4.41. The summed E-state index contributed by atoms with van der Waals surface area (Å²) in [6, 6.07) is 9.46. The van der Waals surface area contributed by atoms with E-state index in [1.807, 2.05) is 48.4 Å². The fourth-order valence-corrected chi connectivity index (χ4v) is 3.67. The first-order valence-corrected chi connectivity index (χ1v) is 9.85. The predicted molar refractivity (Wildman–Crippen MR) is 106 cm³/mol. The second-order valence-corrected chi connectivity index (χ2v) is 7.66. The topological polar surface area (TPSA) is 49.4 Å². The van der Waals surface area contributed by atoms with Gasteiger partial charge in [-0.25, -0.2) is 0 Å². The highest BCUT2D eigenvalue weighted by Crippen LogP contribution is 2.17. The Balaban J connectivity index is 1.84. The molecule has 0 spiro atoms. The van der Waals surface area contributed by atoms with E-state index in [0.717, 1.165) is 48.4 Å². The van der Waals surface area contributed by atoms with E-state index in [2.05, 4.69) is 5.32 Å². The van der Waals surface area contributed by atoms with E-state index in [0.29, 0.717) is 11.3 Å². The van der Waals surface area contributed by atoms with E-state index in [9.17, 15) is 9.59 Å². The Morgan fingerprint density at radius 2 is 1.85 bits per heavy atom. The van der Waals surface area contributed by atoms with E-state index in [1.165, 1.54) is 0 Å². The smallest absolute Gasteiger partial charge is 0.270 e. The van der Waals surface area contributed by atoms with Crippen LogP contribution in [0.15, 0.2) is 41.4 Å². The van der Waals surface area contributed by atoms with Crippen molar-refractivity contribution in [3.8, 4) is 0 Å². The summed E-state index contributed by atoms with van der Waals surface area (Å²) in [5, 5.41) is 4.81. The maximum Gasteiger partial charge on any atom is 0.270 e. The highest BCUT2D eigenvalue weighted by Gasteiger charge is 2.22. The molecule has 136 valence electrons. The monoisotopic (exact) mass is 368 g/mol. The van der Waals surface area contributed by atoms with Gasteiger partial charge in [0, 0.05) is 23.5 Å². The van der Waals surface area contributed by atoms with Gasteiger partial charge in [-0.1, -0.05) is 12.1 Å². The van der Waals surface area contributed by atoms with Gasteiger partial charge in [-0.2, -0.15) is 0 Å². The summed E-state index contributed by atoms with van der Waals surface area (Å²) in [6.45, 7) is 5.49. The Bertz CT molecular complexity index is 819. The van der Waals surface area contributed by atoms with Crippen molar-refractivity contribution in [1.29, 1.82) is 0 Å². The molecule has 2 heterocycles. The number of thiophene rings is 1. The number of nitrogens with zero attached hydrogens (tertiary/aromatic N) is 1. The molecule has 1 fully saturated rings. The first kappa shape index (κ1) is 18.4. The average molecular weight is 369 g/mol. The number of carbonyl (C=O) groups is 2. The van der Waals surface area contributed by atoms with Gasteiger partial charge in [-0.15, -0.1) is 11.3 Å². The van der Waals surface area contributed by atoms with Crippen LogP contribution in [0.4, 0.5) is 0 Å². The molecule has 1 aliphatic rings. The number of piperidine rings is 1. The van der Waals surface area contributed by atoms with E-state index in [4.69, 9.17) is 0 Å². The number of hydrogen-bond donors (Lipinski definition) is 1. The van der Waals surface area contributed by atoms with Gasteiger partial charge < -0.3 is 10.2 Å². The van der Waals surface area contributed by atoms with Crippen LogP contribution in [0, 0.1) is 13.8 Å². The molecule has 0 unspecified atom stereocenters. The second kappa shape index (κ2) is 8.32. The SMILES string of the molecule is Cc1ccc(C(=O)N/C(=C\c2cccs2)C(=O)N2CCCCC2)cc1C. The summed E-state index contributed by atoms with van der Waals surface area (Å²) in [4.78, 5) is 28.5. The first-order chi connectivity index (χ1) is 12.5. The molecular weight excluding hydrogens is 344 g/mol. The van der Waals surface area contributed by atoms with E-state index >= 15 is 0 Å². The summed E-state index contributed by atoms with van der Waals surface area (Å²) in [5.41, 5.74) is 3.11. The lowest BCUT2D eigenvalue weighted by Gasteiger charge is -2.27. The van der Waals surface area contributed by atoms with Crippen molar-refractivity contribution in [3.05, 3.63) is 63.0 Å². The molecular formula is C21H24N2O2S. The molecule has 1 aliphatic heterocycles. The van der Waals surface area contributed by atoms with Crippen molar-refractivity contribution in [3.63, 3.8) is 0 Å². The molecule has 3 rings (SSSR count). The van der Waals surface area contributed by atoms with Gasteiger partial charge in [0.25, 0.3) is 11.8 Å². The minimum absolute atomic E-state index is 0.102. The van der Waals surface area contributed by atoms with Crippen molar-refractivity contribution in [2.75, 3.05) is 13.1 Å². The minimum atomic E-state index is -0.249. The molecule has 1 aromatic carbocycles. The van der Waals surface area contributed by atoms with Crippen LogP contribution in [0.1, 0.15) is 45.6 Å². The standard InChI is InChI=1S/C21H24N2O2S/c1-15-8-9-17(13-16(15)2)20(24)22-19(14-18-7-6-12-26-18)21(25)23-10-4-3-5-11-23/h6-9,12-14H,3-5,10-11H2,1-2H3,(H,22,24)/b19-14-. The van der Waals surface area contributed by atoms with Gasteiger partial charge in [0.2, 0.25) is 0 Å². The largest absolute Gasteiger partial charge is 0.337 e. The third-order valence-electron chi connectivity index (χ3n) is 4.72. The molecule has 2 amide bonds. The van der Waals surface area contributed by atoms with Crippen molar-refractivity contribution in [2.24, 2.45) is 0 Å². The van der Waals surface area contributed by atoms with Crippen LogP contribution in [0.25, 0.3) is 6.08 Å². The molecule has 0 atom stereocenters. The number of nitrogens with one attached hydrogen (secondary N) is 1. The summed E-state index contributed by atoms with van der Waals surface area (Å²) in [6.07, 6.45) is 4.97. The molecule has 1 aromatic heterocycles. The molecule has 26 heavy (non-hydrogen) atoms. The Labute approximate surface area is 158 Å². The fraction of sp³-hybridized carbons (Fsp3) is 0.333. The second-order valence-electron chi connectivity index (χ2n) is 6.68. The lowest BCUT2D eigenvalue weighted by molar-refractivity contribution is -0.128. The van der Waals surface area contributed by atoms with Crippen LogP contribution in [0.5, 0.6) is 0 Å². The summed E-state index contributed by atoms with van der Waals surface area (Å²) < 4.78 is 0. The zero-order chi connectivity index (χ0) is 18.5. The molecule has 0 bridgehead atoms. The molecule has 0 radical (unpaired) electrons. The number of benzene rings is 1. The number of rotatable bonds is 4. The Morgan fingerprint density at radius 1 is 1.08 bits per heavy atom. The van der Waals surface area contributed by atoms with Crippen molar-refractivity contribution in [1.82, 2.24) is 10.2 Å². The lowest BCUT2D eigenvalue weighted by atomic mass is 10.1. The summed E-state index contributed by atoms with van der Waals surface area (Å²) in [7, 11) is 0. The van der Waals surface area contributed by atoms with Crippen molar-refractivity contribution < 1.29 is 9.59 Å². The first-order valence-electron chi connectivity index (χ1n) is 8.97. The Kier molecular flexibility index (Phi) is 5.89. The van der Waals surface area contributed by atoms with Crippen molar-refractivity contribution in [2.45, 2.75) is 33.1 Å². The number of hydrogen-bond acceptors (Lipinski definition) is 3. The Hall–Kier alpha value is -2.40. The molecule has 4 nitrogen and oxygen atoms in total. The molecule has 2 aromatic rings. The quantitative estimate of drug-likeness (QED) is 0.824. The highest BCUT2D eigenvalue weighted by molar-refractivity contribution is 7.10. The minimum Gasteiger partial charge on any atom is -0.337 e. The van der Waals surface area contributed by atoms with Crippen LogP contribution in [-0.4, -0.2) is 29.8 Å². The maximum atomic E-state index is 13.0. The molecule has 0 aliphatic carbocycles. The average Bonchev–Trinajstić information content (AvgIpc) is 3.16. The number of likely N-dealkylation sites (tertiary alicyclic amines) is 1. The van der Waals surface area contributed by atoms with Gasteiger partial charge in [0.1, 0.15) is 5.70 Å². The van der Waals surface area contributed by atoms with Gasteiger partial charge in [0.05, 0.1) is 0 Å². The predicted octanol–water partition coefficient (Wildman–Crippen LogP) is 4.15. The summed E-state index contributed by atoms with van der Waals surface area (Å²) >= 11 is 1.54. The van der Waals surface area contributed by atoms with E-state index in [1.54, 1.807) is 23.5 Å². The van der Waals surface area contributed by atoms with Gasteiger partial charge in [0.15, 0.2) is 0 Å². The third-order valence-corrected chi connectivity index (χ3v) is 5.54. The van der Waals surface area contributed by atoms with Gasteiger partial charge in [-0.05, 0) is 73.9 Å². The lowest BCUT2D eigenvalue weighted by Crippen LogP contribution is -2.41. The number of amides is 2. The Morgan fingerprint density at radius 3 is 2.50 bits per heavy atom. The molecule has 0 saturated carbocycles. The number of carbonyl (C=O) groups excluding carboxylic acids is 2. The summed E-state index contributed by atoms with van der Waals surface area (Å²) in [5.74, 6) is -0.350. The molecule has 1 saturated heterocycles. The van der Waals surface area contributed by atoms with Crippen LogP contribution in [0.2, 0.25) is 0 Å². The van der Waals surface area contributed by atoms with Crippen LogP contribution in [-0.2, 0) is 4.79 Å². The van der Waals surface area contributed by atoms with Crippen LogP contribution < -0.4 is 5.32 Å². The normalized spacial score (nSPS) is 15.0. The zero-order valence-electron chi connectivity index (χ0n) is 15.2. The van der Waals surface area contributed by atoms with Crippen LogP contribution >= 0.6 is 11.3 Å². The zero-order valence-corrected chi connectivity index (χ0v) is 16.1. The molecule has 1 N–H and O–H groups in total. The van der Waals surface area contributed by atoms with Crippen molar-refractivity contribution >= 4 is 29.2 Å². The van der Waals surface area contributed by atoms with Gasteiger partial charge in [-0.3, -0.25) is 9.59 Å². The van der Waals surface area contributed by atoms with Gasteiger partial charge >= 0.3 is 0 Å². The fourth-order valence-electron chi connectivity index (χ4n) is 3.01. The highest BCUT2D eigenvalue weighted by atomic mass is 32.1. The maximum absolute atomic E-state index is 13.0. The van der Waals surface area contributed by atoms with E-state index < -0.39 is 0 Å². The number of aryl methyl sites for hydroxylation is 2. The van der Waals surface area contributed by atoms with Crippen LogP contribution in [0.3, 0.4) is 0 Å². The van der Waals surface area contributed by atoms with E-state index in [-0.39, 0.29) is 11.8 Å². The molecule has 5 heteroatoms.